The smallest absolute Gasteiger partial charge is 0.184 e. The molecule has 0 amide bonds. The Labute approximate surface area is 79.0 Å². The number of aliphatic hydroxyl groups excluding tert-OH is 1. The molecule has 0 aliphatic carbocycles. The van der Waals surface area contributed by atoms with E-state index < -0.39 is 0 Å². The summed E-state index contributed by atoms with van der Waals surface area (Å²) >= 11 is 3.45. The summed E-state index contributed by atoms with van der Waals surface area (Å²) in [5.74, 6) is 0.237. The fourth-order valence-electron chi connectivity index (χ4n) is 1.27. The van der Waals surface area contributed by atoms with Crippen molar-refractivity contribution >= 4 is 22.0 Å². The van der Waals surface area contributed by atoms with Gasteiger partial charge in [-0.1, -0.05) is 28.1 Å². The Morgan fingerprint density at radius 1 is 1.42 bits per heavy atom. The zero-order chi connectivity index (χ0) is 8.55. The van der Waals surface area contributed by atoms with Crippen LogP contribution >= 0.6 is 15.9 Å². The number of hydrogen-bond donors (Lipinski definition) is 2. The van der Waals surface area contributed by atoms with Gasteiger partial charge in [0.25, 0.3) is 0 Å². The maximum absolute atomic E-state index is 9.18. The lowest BCUT2D eigenvalue weighted by atomic mass is 10.1. The largest absolute Gasteiger partial charge is 0.495 e. The van der Waals surface area contributed by atoms with Crippen LogP contribution in [0, 0.1) is 0 Å². The molecule has 0 saturated carbocycles. The van der Waals surface area contributed by atoms with Crippen LogP contribution in [0.4, 0.5) is 0 Å². The fraction of sp³-hybridized carbons (Fsp3) is 0.111. The molecule has 62 valence electrons. The normalized spacial score (nSPS) is 14.6. The highest BCUT2D eigenvalue weighted by atomic mass is 79.9. The van der Waals surface area contributed by atoms with Crippen LogP contribution in [0.2, 0.25) is 0 Å². The first-order chi connectivity index (χ1) is 5.77. The van der Waals surface area contributed by atoms with E-state index >= 15 is 0 Å². The summed E-state index contributed by atoms with van der Waals surface area (Å²) in [7, 11) is 0. The molecule has 0 aromatic heterocycles. The second kappa shape index (κ2) is 2.83. The Kier molecular flexibility index (Phi) is 1.81. The molecular weight excluding hydrogens is 218 g/mol. The summed E-state index contributed by atoms with van der Waals surface area (Å²) in [5.41, 5.74) is 2.26. The molecule has 3 heteroatoms. The molecule has 12 heavy (non-hydrogen) atoms. The molecule has 1 aliphatic heterocycles. The summed E-state index contributed by atoms with van der Waals surface area (Å²) in [6.45, 7) is 0.680. The first kappa shape index (κ1) is 7.68. The minimum atomic E-state index is 0.237. The van der Waals surface area contributed by atoms with Gasteiger partial charge in [0.05, 0.1) is 0 Å². The molecule has 0 bridgehead atoms. The number of benzene rings is 1. The molecular formula is C9H8BrNO. The quantitative estimate of drug-likeness (QED) is 0.711. The molecule has 2 rings (SSSR count). The van der Waals surface area contributed by atoms with Gasteiger partial charge in [0.1, 0.15) is 0 Å². The van der Waals surface area contributed by atoms with E-state index in [1.807, 2.05) is 18.2 Å². The van der Waals surface area contributed by atoms with Crippen molar-refractivity contribution in [3.05, 3.63) is 39.7 Å². The Morgan fingerprint density at radius 2 is 2.25 bits per heavy atom. The van der Waals surface area contributed by atoms with E-state index in [1.165, 1.54) is 5.56 Å². The first-order valence-corrected chi connectivity index (χ1v) is 4.48. The van der Waals surface area contributed by atoms with Gasteiger partial charge in [-0.25, -0.2) is 0 Å². The number of aliphatic hydroxyl groups is 1. The zero-order valence-corrected chi connectivity index (χ0v) is 7.93. The van der Waals surface area contributed by atoms with E-state index in [4.69, 9.17) is 0 Å². The van der Waals surface area contributed by atoms with Crippen molar-refractivity contribution < 1.29 is 5.11 Å². The van der Waals surface area contributed by atoms with Crippen LogP contribution in [-0.2, 0) is 6.54 Å². The minimum absolute atomic E-state index is 0.237. The van der Waals surface area contributed by atoms with Gasteiger partial charge in [-0.2, -0.15) is 0 Å². The van der Waals surface area contributed by atoms with Crippen LogP contribution in [0.15, 0.2) is 28.6 Å². The van der Waals surface area contributed by atoms with Crippen molar-refractivity contribution in [3.63, 3.8) is 0 Å². The third kappa shape index (κ3) is 1.20. The van der Waals surface area contributed by atoms with Crippen LogP contribution in [0.5, 0.6) is 0 Å². The predicted octanol–water partition coefficient (Wildman–Crippen LogP) is 2.41. The van der Waals surface area contributed by atoms with Crippen LogP contribution in [-0.4, -0.2) is 5.11 Å². The van der Waals surface area contributed by atoms with Crippen LogP contribution in [0.3, 0.4) is 0 Å². The van der Waals surface area contributed by atoms with E-state index in [9.17, 15) is 5.11 Å². The zero-order valence-electron chi connectivity index (χ0n) is 6.34. The van der Waals surface area contributed by atoms with Crippen LogP contribution in [0.25, 0.3) is 6.08 Å². The number of halogens is 1. The summed E-state index contributed by atoms with van der Waals surface area (Å²) in [4.78, 5) is 0. The maximum Gasteiger partial charge on any atom is 0.184 e. The summed E-state index contributed by atoms with van der Waals surface area (Å²) in [5, 5.41) is 12.0. The van der Waals surface area contributed by atoms with E-state index in [0.717, 1.165) is 10.0 Å². The lowest BCUT2D eigenvalue weighted by molar-refractivity contribution is 0.365. The average Bonchev–Trinajstić information content (AvgIpc) is 2.04. The molecule has 0 saturated heterocycles. The maximum atomic E-state index is 9.18. The van der Waals surface area contributed by atoms with Crippen LogP contribution < -0.4 is 5.32 Å². The second-order valence-corrected chi connectivity index (χ2v) is 3.55. The van der Waals surface area contributed by atoms with Gasteiger partial charge in [0.15, 0.2) is 5.88 Å². The van der Waals surface area contributed by atoms with E-state index in [1.54, 1.807) is 6.08 Å². The Balaban J connectivity index is 2.57. The van der Waals surface area contributed by atoms with Gasteiger partial charge >= 0.3 is 0 Å². The van der Waals surface area contributed by atoms with Gasteiger partial charge < -0.3 is 10.4 Å². The van der Waals surface area contributed by atoms with Crippen LogP contribution in [0.1, 0.15) is 11.1 Å². The fourth-order valence-corrected chi connectivity index (χ4v) is 1.80. The number of hydrogen-bond acceptors (Lipinski definition) is 2. The third-order valence-corrected chi connectivity index (χ3v) is 2.64. The van der Waals surface area contributed by atoms with Crippen molar-refractivity contribution in [2.75, 3.05) is 0 Å². The monoisotopic (exact) mass is 225 g/mol. The standard InChI is InChI=1S/C9H8BrNO/c10-8-3-1-2-6-4-9(12)11-5-7(6)8/h1-4,11-12H,5H2. The summed E-state index contributed by atoms with van der Waals surface area (Å²) < 4.78 is 1.08. The lowest BCUT2D eigenvalue weighted by Crippen LogP contribution is -2.17. The van der Waals surface area contributed by atoms with E-state index in [-0.39, 0.29) is 5.88 Å². The molecule has 1 aromatic carbocycles. The van der Waals surface area contributed by atoms with Crippen molar-refractivity contribution in [1.82, 2.24) is 5.32 Å². The lowest BCUT2D eigenvalue weighted by Gasteiger charge is -2.15. The van der Waals surface area contributed by atoms with Crippen molar-refractivity contribution in [2.45, 2.75) is 6.54 Å². The molecule has 0 unspecified atom stereocenters. The van der Waals surface area contributed by atoms with Gasteiger partial charge in [-0.05, 0) is 17.2 Å². The summed E-state index contributed by atoms with van der Waals surface area (Å²) in [6, 6.07) is 5.94. The van der Waals surface area contributed by atoms with Gasteiger partial charge in [-0.15, -0.1) is 0 Å². The Bertz CT molecular complexity index is 346. The highest BCUT2D eigenvalue weighted by Gasteiger charge is 2.10. The molecule has 0 spiro atoms. The highest BCUT2D eigenvalue weighted by molar-refractivity contribution is 9.10. The molecule has 0 atom stereocenters. The topological polar surface area (TPSA) is 32.3 Å². The molecule has 1 heterocycles. The third-order valence-electron chi connectivity index (χ3n) is 1.89. The SMILES string of the molecule is OC1=Cc2cccc(Br)c2CN1. The predicted molar refractivity (Wildman–Crippen MR) is 51.6 cm³/mol. The van der Waals surface area contributed by atoms with E-state index in [0.29, 0.717) is 6.54 Å². The van der Waals surface area contributed by atoms with Gasteiger partial charge in [0, 0.05) is 17.1 Å². The number of rotatable bonds is 0. The van der Waals surface area contributed by atoms with Crippen molar-refractivity contribution in [3.8, 4) is 0 Å². The Hall–Kier alpha value is -0.960. The molecule has 0 fully saturated rings. The van der Waals surface area contributed by atoms with Gasteiger partial charge in [0.2, 0.25) is 0 Å². The molecule has 1 aliphatic rings. The van der Waals surface area contributed by atoms with Crippen molar-refractivity contribution in [2.24, 2.45) is 0 Å². The number of nitrogens with one attached hydrogen (secondary N) is 1. The molecule has 1 aromatic rings. The number of fused-ring (bicyclic) bond motifs is 1. The first-order valence-electron chi connectivity index (χ1n) is 3.69. The minimum Gasteiger partial charge on any atom is -0.495 e. The molecule has 2 N–H and O–H groups in total. The highest BCUT2D eigenvalue weighted by Crippen LogP contribution is 2.24. The average molecular weight is 226 g/mol. The second-order valence-electron chi connectivity index (χ2n) is 2.69. The molecule has 2 nitrogen and oxygen atoms in total. The van der Waals surface area contributed by atoms with E-state index in [2.05, 4.69) is 21.2 Å². The summed E-state index contributed by atoms with van der Waals surface area (Å²) in [6.07, 6.45) is 1.73. The van der Waals surface area contributed by atoms with Gasteiger partial charge in [-0.3, -0.25) is 0 Å². The molecule has 0 radical (unpaired) electrons. The Morgan fingerprint density at radius 3 is 3.08 bits per heavy atom. The van der Waals surface area contributed by atoms with Crippen molar-refractivity contribution in [1.29, 1.82) is 0 Å².